The maximum absolute atomic E-state index is 5.49. The van der Waals surface area contributed by atoms with E-state index in [-0.39, 0.29) is 7.92 Å². The molecule has 0 spiro atoms. The van der Waals surface area contributed by atoms with Gasteiger partial charge in [-0.2, -0.15) is 0 Å². The van der Waals surface area contributed by atoms with Crippen molar-refractivity contribution in [2.75, 3.05) is 0 Å². The Morgan fingerprint density at radius 1 is 0.537 bits per heavy atom. The minimum atomic E-state index is -0.593. The van der Waals surface area contributed by atoms with Crippen molar-refractivity contribution in [1.29, 1.82) is 0 Å². The minimum Gasteiger partial charge on any atom is -0.251 e. The number of benzene rings is 3. The maximum Gasteiger partial charge on any atom is 0.0936 e. The summed E-state index contributed by atoms with van der Waals surface area (Å²) in [4.78, 5) is 11.0. The number of fused-ring (bicyclic) bond motifs is 2. The maximum atomic E-state index is 5.49. The van der Waals surface area contributed by atoms with Crippen LogP contribution in [0.4, 0.5) is 0 Å². The van der Waals surface area contributed by atoms with E-state index in [1.165, 1.54) is 99.5 Å². The minimum absolute atomic E-state index is 0.320. The highest BCUT2D eigenvalue weighted by Crippen LogP contribution is 2.84. The van der Waals surface area contributed by atoms with Gasteiger partial charge in [0, 0.05) is 10.8 Å². The Morgan fingerprint density at radius 3 is 1.43 bits per heavy atom. The van der Waals surface area contributed by atoms with Crippen LogP contribution in [0.5, 0.6) is 0 Å². The van der Waals surface area contributed by atoms with Gasteiger partial charge in [0.2, 0.25) is 0 Å². The van der Waals surface area contributed by atoms with Crippen molar-refractivity contribution in [2.24, 2.45) is 33.5 Å². The van der Waals surface area contributed by atoms with Crippen LogP contribution in [0.15, 0.2) is 97.1 Å². The van der Waals surface area contributed by atoms with Crippen molar-refractivity contribution >= 4 is 39.0 Å². The quantitative estimate of drug-likeness (QED) is 0.155. The molecular formula is C50H58N2P2. The molecule has 8 saturated carbocycles. The van der Waals surface area contributed by atoms with Crippen LogP contribution >= 0.6 is 17.2 Å². The predicted molar refractivity (Wildman–Crippen MR) is 230 cm³/mol. The SMILES string of the molecule is CC12CC3CC(C)(C1)CC(P(Cc1ccccc1C(P)(c1ccc4ccccc4n1)c1ccc4ccccc4n1)C14CC5CC(C)(CC(C)(C5)C1)C4)(C3)C2. The van der Waals surface area contributed by atoms with Gasteiger partial charge < -0.3 is 0 Å². The fraction of sp³-hybridized carbons (Fsp3) is 0.520. The van der Waals surface area contributed by atoms with Gasteiger partial charge in [-0.05, 0) is 162 Å². The molecule has 278 valence electrons. The highest BCUT2D eigenvalue weighted by atomic mass is 31.1. The second-order valence-corrected chi connectivity index (χ2v) is 25.5. The average Bonchev–Trinajstić information content (AvgIpc) is 3.10. The third kappa shape index (κ3) is 5.24. The zero-order valence-electron chi connectivity index (χ0n) is 33.0. The van der Waals surface area contributed by atoms with Crippen molar-refractivity contribution in [3.63, 3.8) is 0 Å². The summed E-state index contributed by atoms with van der Waals surface area (Å²) in [5, 5.41) is 2.74. The smallest absolute Gasteiger partial charge is 0.0936 e. The Kier molecular flexibility index (Phi) is 7.35. The zero-order valence-corrected chi connectivity index (χ0v) is 35.1. The fourth-order valence-electron chi connectivity index (χ4n) is 16.4. The van der Waals surface area contributed by atoms with Gasteiger partial charge in [-0.15, -0.1) is 9.24 Å². The lowest BCUT2D eigenvalue weighted by molar-refractivity contribution is -0.0922. The summed E-state index contributed by atoms with van der Waals surface area (Å²) in [5.74, 6) is 1.84. The first-order chi connectivity index (χ1) is 25.8. The van der Waals surface area contributed by atoms with Crippen molar-refractivity contribution in [1.82, 2.24) is 9.97 Å². The topological polar surface area (TPSA) is 25.8 Å². The molecule has 4 heteroatoms. The molecule has 2 aromatic heterocycles. The molecule has 2 heterocycles. The highest BCUT2D eigenvalue weighted by molar-refractivity contribution is 7.60. The van der Waals surface area contributed by atoms with Gasteiger partial charge in [-0.25, -0.2) is 0 Å². The summed E-state index contributed by atoms with van der Waals surface area (Å²) < 4.78 is 0. The second-order valence-electron chi connectivity index (χ2n) is 21.5. The van der Waals surface area contributed by atoms with Gasteiger partial charge in [0.25, 0.3) is 0 Å². The van der Waals surface area contributed by atoms with E-state index in [1.54, 1.807) is 5.56 Å². The van der Waals surface area contributed by atoms with E-state index in [0.717, 1.165) is 34.3 Å². The Hall–Kier alpha value is -2.66. The number of hydrogen-bond acceptors (Lipinski definition) is 2. The van der Waals surface area contributed by atoms with E-state index in [1.807, 2.05) is 0 Å². The van der Waals surface area contributed by atoms with Gasteiger partial charge in [0.1, 0.15) is 0 Å². The number of pyridine rings is 2. The van der Waals surface area contributed by atoms with Gasteiger partial charge in [0.15, 0.2) is 0 Å². The molecule has 8 fully saturated rings. The molecule has 54 heavy (non-hydrogen) atoms. The first-order valence-electron chi connectivity index (χ1n) is 21.2. The van der Waals surface area contributed by atoms with Gasteiger partial charge in [0.05, 0.1) is 27.6 Å². The summed E-state index contributed by atoms with van der Waals surface area (Å²) in [7, 11) is 3.07. The largest absolute Gasteiger partial charge is 0.251 e. The molecule has 5 aromatic rings. The van der Waals surface area contributed by atoms with E-state index in [4.69, 9.17) is 9.97 Å². The first kappa shape index (κ1) is 34.6. The number of nitrogens with zero attached hydrogens (tertiary/aromatic N) is 2. The lowest BCUT2D eigenvalue weighted by Gasteiger charge is -2.73. The molecule has 5 unspecified atom stereocenters. The molecule has 0 radical (unpaired) electrons. The molecule has 2 nitrogen and oxygen atoms in total. The molecule has 8 aliphatic carbocycles. The molecule has 8 aliphatic rings. The van der Waals surface area contributed by atoms with Crippen LogP contribution in [0.1, 0.15) is 127 Å². The standard InChI is InChI=1S/C50H58N2P2/c1-44-21-34-22-45(2,28-44)31-48(25-34,30-44)54(49-26-35-23-46(3,32-49)29-47(4,24-35)33-49)27-38-13-5-8-14-39(38)50(53,42-19-17-36-11-6-9-15-40(36)51-42)43-20-18-37-12-7-10-16-41(37)52-43/h5-20,34-35H,21-33,53H2,1-4H3. The second kappa shape index (κ2) is 11.5. The van der Waals surface area contributed by atoms with E-state index in [9.17, 15) is 0 Å². The van der Waals surface area contributed by atoms with Gasteiger partial charge >= 0.3 is 0 Å². The van der Waals surface area contributed by atoms with Gasteiger partial charge in [-0.3, -0.25) is 9.97 Å². The molecule has 0 saturated heterocycles. The van der Waals surface area contributed by atoms with Crippen LogP contribution in [-0.2, 0) is 11.3 Å². The summed E-state index contributed by atoms with van der Waals surface area (Å²) in [5.41, 5.74) is 9.22. The highest BCUT2D eigenvalue weighted by Gasteiger charge is 2.69. The van der Waals surface area contributed by atoms with Crippen molar-refractivity contribution < 1.29 is 0 Å². The van der Waals surface area contributed by atoms with Crippen LogP contribution in [0.25, 0.3) is 21.8 Å². The Bertz CT molecular complexity index is 2160. The summed E-state index contributed by atoms with van der Waals surface area (Å²) >= 11 is 0. The van der Waals surface area contributed by atoms with Crippen LogP contribution < -0.4 is 0 Å². The monoisotopic (exact) mass is 748 g/mol. The van der Waals surface area contributed by atoms with E-state index >= 15 is 0 Å². The number of rotatable bonds is 7. The van der Waals surface area contributed by atoms with Gasteiger partial charge in [-0.1, -0.05) is 108 Å². The lowest BCUT2D eigenvalue weighted by atomic mass is 9.44. The Balaban J connectivity index is 1.11. The molecule has 0 N–H and O–H groups in total. The lowest BCUT2D eigenvalue weighted by Crippen LogP contribution is -2.63. The first-order valence-corrected chi connectivity index (χ1v) is 23.3. The van der Waals surface area contributed by atoms with Crippen LogP contribution in [0.3, 0.4) is 0 Å². The van der Waals surface area contributed by atoms with E-state index in [0.29, 0.717) is 32.0 Å². The summed E-state index contributed by atoms with van der Waals surface area (Å²) in [6.07, 6.45) is 19.0. The third-order valence-corrected chi connectivity index (χ3v) is 21.0. The Labute approximate surface area is 327 Å². The van der Waals surface area contributed by atoms with Crippen LogP contribution in [0, 0.1) is 33.5 Å². The molecular weight excluding hydrogens is 691 g/mol. The zero-order chi connectivity index (χ0) is 36.8. The Morgan fingerprint density at radius 2 is 0.963 bits per heavy atom. The normalized spacial score (nSPS) is 38.4. The number of aromatic nitrogens is 2. The summed E-state index contributed by atoms with van der Waals surface area (Å²) in [6.45, 7) is 10.9. The van der Waals surface area contributed by atoms with E-state index in [2.05, 4.69) is 134 Å². The van der Waals surface area contributed by atoms with Crippen molar-refractivity contribution in [3.05, 3.63) is 120 Å². The molecule has 13 rings (SSSR count). The average molecular weight is 749 g/mol. The van der Waals surface area contributed by atoms with Crippen molar-refractivity contribution in [3.8, 4) is 0 Å². The van der Waals surface area contributed by atoms with Crippen LogP contribution in [-0.4, -0.2) is 20.3 Å². The fourth-order valence-corrected chi connectivity index (χ4v) is 22.6. The van der Waals surface area contributed by atoms with Crippen LogP contribution in [0.2, 0.25) is 0 Å². The summed E-state index contributed by atoms with van der Waals surface area (Å²) in [6, 6.07) is 36.0. The molecule has 8 bridgehead atoms. The third-order valence-electron chi connectivity index (χ3n) is 16.1. The molecule has 0 amide bonds. The van der Waals surface area contributed by atoms with Crippen molar-refractivity contribution in [2.45, 2.75) is 126 Å². The van der Waals surface area contributed by atoms with E-state index < -0.39 is 5.16 Å². The molecule has 3 aromatic carbocycles. The molecule has 5 atom stereocenters. The number of para-hydroxylation sites is 2. The number of hydrogen-bond donors (Lipinski definition) is 0. The predicted octanol–water partition coefficient (Wildman–Crippen LogP) is 13.4. The molecule has 0 aliphatic heterocycles.